The van der Waals surface area contributed by atoms with Crippen LogP contribution in [0.25, 0.3) is 0 Å². The summed E-state index contributed by atoms with van der Waals surface area (Å²) in [5.41, 5.74) is 0. The Morgan fingerprint density at radius 3 is 2.47 bits per heavy atom. The van der Waals surface area contributed by atoms with Gasteiger partial charge in [0.15, 0.2) is 0 Å². The van der Waals surface area contributed by atoms with Gasteiger partial charge in [-0.05, 0) is 44.5 Å². The molecular weight excluding hydrogens is 202 g/mol. The van der Waals surface area contributed by atoms with Gasteiger partial charge in [0.25, 0.3) is 0 Å². The summed E-state index contributed by atoms with van der Waals surface area (Å²) in [4.78, 5) is 0. The van der Waals surface area contributed by atoms with Crippen LogP contribution in [0.2, 0.25) is 0 Å². The molecule has 1 nitrogen and oxygen atoms in total. The zero-order valence-corrected chi connectivity index (χ0v) is 11.2. The first kappa shape index (κ1) is 13.4. The number of hydrogen-bond donors (Lipinski definition) is 1. The fourth-order valence-corrected chi connectivity index (χ4v) is 2.65. The number of rotatable bonds is 6. The third-order valence-corrected chi connectivity index (χ3v) is 4.58. The van der Waals surface area contributed by atoms with Crippen LogP contribution in [0, 0.1) is 5.92 Å². The molecule has 1 aliphatic carbocycles. The molecule has 1 N–H and O–H groups in total. The molecule has 1 atom stereocenters. The van der Waals surface area contributed by atoms with Crippen LogP contribution in [-0.4, -0.2) is 24.6 Å². The van der Waals surface area contributed by atoms with Crippen molar-refractivity contribution in [3.63, 3.8) is 0 Å². The maximum Gasteiger partial charge on any atom is 0.00280 e. The molecule has 90 valence electrons. The van der Waals surface area contributed by atoms with Crippen molar-refractivity contribution in [2.24, 2.45) is 5.92 Å². The minimum Gasteiger partial charge on any atom is -0.316 e. The quantitative estimate of drug-likeness (QED) is 0.551. The summed E-state index contributed by atoms with van der Waals surface area (Å²) in [5.74, 6) is 0.970. The Hall–Kier alpha value is 0.310. The zero-order valence-electron chi connectivity index (χ0n) is 10.4. The Balaban J connectivity index is 1.98. The van der Waals surface area contributed by atoms with Gasteiger partial charge in [-0.15, -0.1) is 0 Å². The molecule has 2 heteroatoms. The van der Waals surface area contributed by atoms with Gasteiger partial charge in [0.05, 0.1) is 0 Å². The van der Waals surface area contributed by atoms with Crippen molar-refractivity contribution >= 4 is 11.8 Å². The predicted molar refractivity (Wildman–Crippen MR) is 71.7 cm³/mol. The Labute approximate surface area is 99.8 Å². The maximum atomic E-state index is 3.63. The van der Waals surface area contributed by atoms with Gasteiger partial charge in [0, 0.05) is 5.25 Å². The lowest BCUT2D eigenvalue weighted by Gasteiger charge is -2.15. The molecule has 1 rings (SSSR count). The SMILES string of the molecule is CSC(C)CCNCC1CCCCCC1. The Morgan fingerprint density at radius 2 is 1.87 bits per heavy atom. The van der Waals surface area contributed by atoms with Crippen LogP contribution in [-0.2, 0) is 0 Å². The molecule has 1 aliphatic rings. The molecule has 0 bridgehead atoms. The van der Waals surface area contributed by atoms with Crippen LogP contribution in [0.4, 0.5) is 0 Å². The van der Waals surface area contributed by atoms with Crippen molar-refractivity contribution in [1.82, 2.24) is 5.32 Å². The van der Waals surface area contributed by atoms with E-state index in [0.717, 1.165) is 11.2 Å². The second-order valence-corrected chi connectivity index (χ2v) is 6.17. The number of thioether (sulfide) groups is 1. The van der Waals surface area contributed by atoms with E-state index in [-0.39, 0.29) is 0 Å². The van der Waals surface area contributed by atoms with Crippen LogP contribution < -0.4 is 5.32 Å². The molecule has 0 heterocycles. The largest absolute Gasteiger partial charge is 0.316 e. The van der Waals surface area contributed by atoms with Crippen molar-refractivity contribution in [1.29, 1.82) is 0 Å². The molecule has 0 spiro atoms. The standard InChI is InChI=1S/C13H27NS/c1-12(15-2)9-10-14-11-13-7-5-3-4-6-8-13/h12-14H,3-11H2,1-2H3. The lowest BCUT2D eigenvalue weighted by atomic mass is 10.0. The first-order chi connectivity index (χ1) is 7.33. The summed E-state index contributed by atoms with van der Waals surface area (Å²) in [5, 5.41) is 4.45. The minimum absolute atomic E-state index is 0.812. The molecule has 1 fully saturated rings. The van der Waals surface area contributed by atoms with E-state index in [1.54, 1.807) is 0 Å². The van der Waals surface area contributed by atoms with Crippen LogP contribution >= 0.6 is 11.8 Å². The Morgan fingerprint density at radius 1 is 1.20 bits per heavy atom. The van der Waals surface area contributed by atoms with Gasteiger partial charge in [0.1, 0.15) is 0 Å². The van der Waals surface area contributed by atoms with Crippen molar-refractivity contribution in [3.05, 3.63) is 0 Å². The fourth-order valence-electron chi connectivity index (χ4n) is 2.30. The van der Waals surface area contributed by atoms with E-state index in [1.807, 2.05) is 11.8 Å². The molecule has 15 heavy (non-hydrogen) atoms. The van der Waals surface area contributed by atoms with Gasteiger partial charge in [-0.3, -0.25) is 0 Å². The highest BCUT2D eigenvalue weighted by molar-refractivity contribution is 7.99. The molecule has 0 aromatic carbocycles. The average molecular weight is 229 g/mol. The van der Waals surface area contributed by atoms with Gasteiger partial charge < -0.3 is 5.32 Å². The van der Waals surface area contributed by atoms with Gasteiger partial charge in [0.2, 0.25) is 0 Å². The van der Waals surface area contributed by atoms with E-state index in [0.29, 0.717) is 0 Å². The molecule has 1 unspecified atom stereocenters. The van der Waals surface area contributed by atoms with Crippen molar-refractivity contribution < 1.29 is 0 Å². The van der Waals surface area contributed by atoms with Crippen LogP contribution in [0.1, 0.15) is 51.9 Å². The highest BCUT2D eigenvalue weighted by Gasteiger charge is 2.11. The van der Waals surface area contributed by atoms with E-state index >= 15 is 0 Å². The smallest absolute Gasteiger partial charge is 0.00280 e. The molecule has 0 radical (unpaired) electrons. The number of nitrogens with one attached hydrogen (secondary N) is 1. The molecular formula is C13H27NS. The van der Waals surface area contributed by atoms with Crippen molar-refractivity contribution in [2.45, 2.75) is 57.1 Å². The van der Waals surface area contributed by atoms with Gasteiger partial charge >= 0.3 is 0 Å². The second-order valence-electron chi connectivity index (χ2n) is 4.90. The van der Waals surface area contributed by atoms with E-state index in [9.17, 15) is 0 Å². The third-order valence-electron chi connectivity index (χ3n) is 3.54. The highest BCUT2D eigenvalue weighted by Crippen LogP contribution is 2.22. The summed E-state index contributed by atoms with van der Waals surface area (Å²) in [7, 11) is 0. The summed E-state index contributed by atoms with van der Waals surface area (Å²) < 4.78 is 0. The van der Waals surface area contributed by atoms with E-state index < -0.39 is 0 Å². The summed E-state index contributed by atoms with van der Waals surface area (Å²) in [6, 6.07) is 0. The second kappa shape index (κ2) is 8.46. The lowest BCUT2D eigenvalue weighted by Crippen LogP contribution is -2.25. The maximum absolute atomic E-state index is 3.63. The predicted octanol–water partition coefficient (Wildman–Crippen LogP) is 3.69. The molecule has 0 saturated heterocycles. The fraction of sp³-hybridized carbons (Fsp3) is 1.00. The first-order valence-corrected chi connectivity index (χ1v) is 7.85. The average Bonchev–Trinajstić information content (AvgIpc) is 2.52. The van der Waals surface area contributed by atoms with Crippen LogP contribution in [0.3, 0.4) is 0 Å². The third kappa shape index (κ3) is 6.47. The topological polar surface area (TPSA) is 12.0 Å². The summed E-state index contributed by atoms with van der Waals surface area (Å²) in [6.45, 7) is 4.79. The van der Waals surface area contributed by atoms with Crippen molar-refractivity contribution in [2.75, 3.05) is 19.3 Å². The van der Waals surface area contributed by atoms with Gasteiger partial charge in [-0.2, -0.15) is 11.8 Å². The Kier molecular flexibility index (Phi) is 7.54. The highest BCUT2D eigenvalue weighted by atomic mass is 32.2. The van der Waals surface area contributed by atoms with E-state index in [4.69, 9.17) is 0 Å². The lowest BCUT2D eigenvalue weighted by molar-refractivity contribution is 0.424. The zero-order chi connectivity index (χ0) is 10.9. The summed E-state index contributed by atoms with van der Waals surface area (Å²) in [6.07, 6.45) is 12.3. The van der Waals surface area contributed by atoms with Gasteiger partial charge in [-0.1, -0.05) is 32.6 Å². The monoisotopic (exact) mass is 229 g/mol. The van der Waals surface area contributed by atoms with Crippen LogP contribution in [0.15, 0.2) is 0 Å². The number of hydrogen-bond acceptors (Lipinski definition) is 2. The first-order valence-electron chi connectivity index (χ1n) is 6.56. The Bertz CT molecular complexity index is 141. The van der Waals surface area contributed by atoms with E-state index in [2.05, 4.69) is 18.5 Å². The molecule has 0 aromatic rings. The molecule has 0 aromatic heterocycles. The molecule has 0 amide bonds. The molecule has 0 aliphatic heterocycles. The van der Waals surface area contributed by atoms with E-state index in [1.165, 1.54) is 58.0 Å². The van der Waals surface area contributed by atoms with Crippen molar-refractivity contribution in [3.8, 4) is 0 Å². The summed E-state index contributed by atoms with van der Waals surface area (Å²) >= 11 is 1.97. The minimum atomic E-state index is 0.812. The van der Waals surface area contributed by atoms with Gasteiger partial charge in [-0.25, -0.2) is 0 Å². The van der Waals surface area contributed by atoms with Crippen LogP contribution in [0.5, 0.6) is 0 Å². The normalized spacial score (nSPS) is 21.2. The molecule has 1 saturated carbocycles.